The molecule has 0 unspecified atom stereocenters. The number of methoxy groups -OCH3 is 1. The maximum absolute atomic E-state index is 12.4. The van der Waals surface area contributed by atoms with Gasteiger partial charge in [-0.3, -0.25) is 14.9 Å². The van der Waals surface area contributed by atoms with Gasteiger partial charge in [0.2, 0.25) is 0 Å². The fourth-order valence-corrected chi connectivity index (χ4v) is 3.08. The second kappa shape index (κ2) is 9.01. The second-order valence-electron chi connectivity index (χ2n) is 6.40. The van der Waals surface area contributed by atoms with Crippen LogP contribution in [0.25, 0.3) is 5.57 Å². The Kier molecular flexibility index (Phi) is 6.23. The molecule has 8 heteroatoms. The largest absolute Gasteiger partial charge is 0.496 e. The summed E-state index contributed by atoms with van der Waals surface area (Å²) in [4.78, 5) is 36.6. The van der Waals surface area contributed by atoms with Crippen LogP contribution in [0.3, 0.4) is 0 Å². The number of amides is 1. The summed E-state index contributed by atoms with van der Waals surface area (Å²) < 4.78 is 10.1. The zero-order valence-corrected chi connectivity index (χ0v) is 15.9. The van der Waals surface area contributed by atoms with Gasteiger partial charge in [-0.1, -0.05) is 36.4 Å². The highest BCUT2D eigenvalue weighted by Gasteiger charge is 2.22. The SMILES string of the molecule is COc1ccc([N+](=O)[O-])cc1C(=O)OCC(=O)N1CC=C(c2ccccc2)CC1. The maximum Gasteiger partial charge on any atom is 0.342 e. The van der Waals surface area contributed by atoms with Gasteiger partial charge in [-0.05, 0) is 23.6 Å². The number of nitro groups is 1. The molecule has 3 rings (SSSR count). The van der Waals surface area contributed by atoms with Crippen molar-refractivity contribution >= 4 is 23.1 Å². The summed E-state index contributed by atoms with van der Waals surface area (Å²) in [6.07, 6.45) is 2.70. The summed E-state index contributed by atoms with van der Waals surface area (Å²) in [6.45, 7) is 0.511. The van der Waals surface area contributed by atoms with Gasteiger partial charge in [-0.25, -0.2) is 4.79 Å². The molecule has 1 aliphatic heterocycles. The van der Waals surface area contributed by atoms with Crippen LogP contribution in [0, 0.1) is 10.1 Å². The molecule has 0 atom stereocenters. The highest BCUT2D eigenvalue weighted by Crippen LogP contribution is 2.25. The van der Waals surface area contributed by atoms with Crippen LogP contribution in [0.2, 0.25) is 0 Å². The van der Waals surface area contributed by atoms with Crippen molar-refractivity contribution in [3.63, 3.8) is 0 Å². The standard InChI is InChI=1S/C21H20N2O6/c1-28-19-8-7-17(23(26)27)13-18(19)21(25)29-14-20(24)22-11-9-16(10-12-22)15-5-3-2-4-6-15/h2-9,13H,10-12,14H2,1H3. The third-order valence-electron chi connectivity index (χ3n) is 4.65. The van der Waals surface area contributed by atoms with Crippen LogP contribution in [0.5, 0.6) is 5.75 Å². The summed E-state index contributed by atoms with van der Waals surface area (Å²) >= 11 is 0. The van der Waals surface area contributed by atoms with Crippen LogP contribution in [-0.2, 0) is 9.53 Å². The first-order valence-corrected chi connectivity index (χ1v) is 9.01. The second-order valence-corrected chi connectivity index (χ2v) is 6.40. The van der Waals surface area contributed by atoms with E-state index in [4.69, 9.17) is 9.47 Å². The van der Waals surface area contributed by atoms with Crippen LogP contribution in [0.1, 0.15) is 22.3 Å². The van der Waals surface area contributed by atoms with E-state index in [0.29, 0.717) is 19.5 Å². The molecule has 1 heterocycles. The van der Waals surface area contributed by atoms with Crippen LogP contribution in [0.4, 0.5) is 5.69 Å². The van der Waals surface area contributed by atoms with Crippen LogP contribution >= 0.6 is 0 Å². The normalized spacial score (nSPS) is 13.4. The van der Waals surface area contributed by atoms with Gasteiger partial charge in [0.15, 0.2) is 6.61 Å². The summed E-state index contributed by atoms with van der Waals surface area (Å²) in [5, 5.41) is 10.9. The molecule has 1 amide bonds. The van der Waals surface area contributed by atoms with E-state index in [1.165, 1.54) is 24.8 Å². The van der Waals surface area contributed by atoms with Gasteiger partial charge in [0, 0.05) is 25.2 Å². The molecule has 8 nitrogen and oxygen atoms in total. The summed E-state index contributed by atoms with van der Waals surface area (Å²) in [6, 6.07) is 13.6. The van der Waals surface area contributed by atoms with Gasteiger partial charge in [0.1, 0.15) is 11.3 Å². The third kappa shape index (κ3) is 4.78. The molecule has 0 N–H and O–H groups in total. The number of hydrogen-bond donors (Lipinski definition) is 0. The highest BCUT2D eigenvalue weighted by atomic mass is 16.6. The van der Waals surface area contributed by atoms with E-state index >= 15 is 0 Å². The molecule has 2 aromatic rings. The first kappa shape index (κ1) is 20.1. The Hall–Kier alpha value is -3.68. The molecular weight excluding hydrogens is 376 g/mol. The lowest BCUT2D eigenvalue weighted by Crippen LogP contribution is -2.37. The molecule has 0 bridgehead atoms. The van der Waals surface area contributed by atoms with Crippen molar-refractivity contribution in [2.45, 2.75) is 6.42 Å². The van der Waals surface area contributed by atoms with Crippen molar-refractivity contribution < 1.29 is 24.0 Å². The molecule has 0 aliphatic carbocycles. The summed E-state index contributed by atoms with van der Waals surface area (Å²) in [5.74, 6) is -1.04. The van der Waals surface area contributed by atoms with Gasteiger partial charge in [0.05, 0.1) is 12.0 Å². The van der Waals surface area contributed by atoms with Crippen molar-refractivity contribution in [1.82, 2.24) is 4.90 Å². The topological polar surface area (TPSA) is 99.0 Å². The fourth-order valence-electron chi connectivity index (χ4n) is 3.08. The minimum Gasteiger partial charge on any atom is -0.496 e. The number of ether oxygens (including phenoxy) is 2. The number of nitrogens with zero attached hydrogens (tertiary/aromatic N) is 2. The molecule has 0 spiro atoms. The van der Waals surface area contributed by atoms with E-state index in [1.54, 1.807) is 4.90 Å². The average molecular weight is 396 g/mol. The Morgan fingerprint density at radius 1 is 1.17 bits per heavy atom. The number of non-ortho nitro benzene ring substituents is 1. The molecule has 0 radical (unpaired) electrons. The Balaban J connectivity index is 1.60. The minimum absolute atomic E-state index is 0.0978. The highest BCUT2D eigenvalue weighted by molar-refractivity contribution is 5.94. The van der Waals surface area contributed by atoms with E-state index in [9.17, 15) is 19.7 Å². The van der Waals surface area contributed by atoms with Crippen LogP contribution < -0.4 is 4.74 Å². The van der Waals surface area contributed by atoms with Gasteiger partial charge in [-0.2, -0.15) is 0 Å². The number of esters is 1. The van der Waals surface area contributed by atoms with E-state index in [0.717, 1.165) is 11.6 Å². The first-order valence-electron chi connectivity index (χ1n) is 9.01. The number of benzene rings is 2. The Morgan fingerprint density at radius 2 is 1.93 bits per heavy atom. The van der Waals surface area contributed by atoms with Crippen LogP contribution in [0.15, 0.2) is 54.6 Å². The lowest BCUT2D eigenvalue weighted by molar-refractivity contribution is -0.384. The number of nitro benzene ring substituents is 1. The van der Waals surface area contributed by atoms with E-state index in [2.05, 4.69) is 0 Å². The first-order chi connectivity index (χ1) is 14.0. The molecule has 0 aromatic heterocycles. The Labute approximate surface area is 167 Å². The molecule has 0 saturated carbocycles. The maximum atomic E-state index is 12.4. The van der Waals surface area contributed by atoms with Gasteiger partial charge >= 0.3 is 5.97 Å². The zero-order valence-electron chi connectivity index (χ0n) is 15.9. The lowest BCUT2D eigenvalue weighted by Gasteiger charge is -2.26. The smallest absolute Gasteiger partial charge is 0.342 e. The molecule has 0 saturated heterocycles. The average Bonchev–Trinajstić information content (AvgIpc) is 2.77. The molecule has 150 valence electrons. The van der Waals surface area contributed by atoms with Crippen molar-refractivity contribution in [3.05, 3.63) is 75.8 Å². The van der Waals surface area contributed by atoms with Crippen molar-refractivity contribution in [2.75, 3.05) is 26.8 Å². The minimum atomic E-state index is -0.851. The zero-order chi connectivity index (χ0) is 20.8. The molecule has 0 fully saturated rings. The number of rotatable bonds is 6. The fraction of sp³-hybridized carbons (Fsp3) is 0.238. The van der Waals surface area contributed by atoms with Crippen molar-refractivity contribution in [3.8, 4) is 5.75 Å². The Bertz CT molecular complexity index is 955. The Morgan fingerprint density at radius 3 is 2.55 bits per heavy atom. The monoisotopic (exact) mass is 396 g/mol. The van der Waals surface area contributed by atoms with E-state index in [1.807, 2.05) is 36.4 Å². The molecule has 2 aromatic carbocycles. The molecule has 29 heavy (non-hydrogen) atoms. The predicted molar refractivity (Wildman–Crippen MR) is 106 cm³/mol. The van der Waals surface area contributed by atoms with Gasteiger partial charge in [0.25, 0.3) is 11.6 Å². The predicted octanol–water partition coefficient (Wildman–Crippen LogP) is 3.08. The number of carbonyl (C=O) groups is 2. The molecular formula is C21H20N2O6. The van der Waals surface area contributed by atoms with Gasteiger partial charge < -0.3 is 14.4 Å². The van der Waals surface area contributed by atoms with Crippen molar-refractivity contribution in [1.29, 1.82) is 0 Å². The number of carbonyl (C=O) groups excluding carboxylic acids is 2. The number of hydrogen-bond acceptors (Lipinski definition) is 6. The van der Waals surface area contributed by atoms with E-state index < -0.39 is 17.5 Å². The van der Waals surface area contributed by atoms with Crippen molar-refractivity contribution in [2.24, 2.45) is 0 Å². The van der Waals surface area contributed by atoms with E-state index in [-0.39, 0.29) is 22.9 Å². The third-order valence-corrected chi connectivity index (χ3v) is 4.65. The van der Waals surface area contributed by atoms with Crippen LogP contribution in [-0.4, -0.2) is 48.5 Å². The summed E-state index contributed by atoms with van der Waals surface area (Å²) in [5.41, 5.74) is 1.94. The summed E-state index contributed by atoms with van der Waals surface area (Å²) in [7, 11) is 1.34. The van der Waals surface area contributed by atoms with Gasteiger partial charge in [-0.15, -0.1) is 0 Å². The lowest BCUT2D eigenvalue weighted by atomic mass is 10.00. The quantitative estimate of drug-likeness (QED) is 0.423. The molecule has 1 aliphatic rings.